The van der Waals surface area contributed by atoms with Crippen molar-refractivity contribution in [3.8, 4) is 0 Å². The van der Waals surface area contributed by atoms with Crippen molar-refractivity contribution < 1.29 is 4.79 Å². The number of carbonyl (C=O) groups is 1. The van der Waals surface area contributed by atoms with Gasteiger partial charge in [0.1, 0.15) is 4.83 Å². The van der Waals surface area contributed by atoms with Crippen molar-refractivity contribution in [1.82, 2.24) is 9.55 Å². The highest BCUT2D eigenvalue weighted by Crippen LogP contribution is 2.28. The predicted octanol–water partition coefficient (Wildman–Crippen LogP) is 5.03. The van der Waals surface area contributed by atoms with Crippen LogP contribution in [-0.2, 0) is 6.54 Å². The normalized spacial score (nSPS) is 11.0. The maximum Gasteiger partial charge on any atom is 0.266 e. The first-order chi connectivity index (χ1) is 14.0. The number of hydrogen-bond donors (Lipinski definition) is 1. The molecular weight excluding hydrogens is 406 g/mol. The van der Waals surface area contributed by atoms with Crippen molar-refractivity contribution in [3.05, 3.63) is 91.8 Å². The zero-order valence-corrected chi connectivity index (χ0v) is 17.5. The molecule has 0 spiro atoms. The zero-order chi connectivity index (χ0) is 20.5. The summed E-state index contributed by atoms with van der Waals surface area (Å²) in [7, 11) is 0. The van der Waals surface area contributed by atoms with E-state index in [0.29, 0.717) is 32.2 Å². The van der Waals surface area contributed by atoms with Crippen molar-refractivity contribution in [3.63, 3.8) is 0 Å². The first-order valence-electron chi connectivity index (χ1n) is 9.04. The van der Waals surface area contributed by atoms with Gasteiger partial charge in [-0.3, -0.25) is 14.2 Å². The predicted molar refractivity (Wildman–Crippen MR) is 118 cm³/mol. The van der Waals surface area contributed by atoms with Gasteiger partial charge < -0.3 is 5.32 Å². The van der Waals surface area contributed by atoms with E-state index in [1.807, 2.05) is 49.4 Å². The molecule has 2 aromatic carbocycles. The summed E-state index contributed by atoms with van der Waals surface area (Å²) in [6.45, 7) is 4.04. The van der Waals surface area contributed by atoms with Gasteiger partial charge in [0.25, 0.3) is 11.5 Å². The van der Waals surface area contributed by atoms with Crippen LogP contribution in [0, 0.1) is 13.8 Å². The minimum absolute atomic E-state index is 0.182. The summed E-state index contributed by atoms with van der Waals surface area (Å²) in [6.07, 6.45) is 1.51. The molecule has 29 heavy (non-hydrogen) atoms. The second-order valence-corrected chi connectivity index (χ2v) is 8.18. The van der Waals surface area contributed by atoms with E-state index in [1.54, 1.807) is 13.0 Å². The Morgan fingerprint density at radius 1 is 1.14 bits per heavy atom. The lowest BCUT2D eigenvalue weighted by atomic mass is 10.1. The third-order valence-corrected chi connectivity index (χ3v) is 6.38. The molecule has 2 heterocycles. The molecule has 146 valence electrons. The number of amides is 1. The molecule has 1 amide bonds. The maximum absolute atomic E-state index is 13.1. The molecule has 0 aliphatic heterocycles. The standard InChI is InChI=1S/C22H18ClN3O2S/c1-13-7-3-6-10-17(13)25-20(27)19-14(2)18-21(29-19)24-12-26(22(18)28)11-15-8-4-5-9-16(15)23/h3-10,12H,11H2,1-2H3,(H,25,27). The first-order valence-corrected chi connectivity index (χ1v) is 10.2. The van der Waals surface area contributed by atoms with Crippen LogP contribution in [-0.4, -0.2) is 15.5 Å². The molecular formula is C22H18ClN3O2S. The van der Waals surface area contributed by atoms with Gasteiger partial charge in [0.2, 0.25) is 0 Å². The molecule has 0 saturated heterocycles. The summed E-state index contributed by atoms with van der Waals surface area (Å²) in [5.74, 6) is -0.239. The van der Waals surface area contributed by atoms with E-state index in [2.05, 4.69) is 10.3 Å². The number of thiophene rings is 1. The lowest BCUT2D eigenvalue weighted by molar-refractivity contribution is 0.103. The Morgan fingerprint density at radius 2 is 1.86 bits per heavy atom. The van der Waals surface area contributed by atoms with E-state index in [-0.39, 0.29) is 11.5 Å². The van der Waals surface area contributed by atoms with Crippen LogP contribution in [0.1, 0.15) is 26.4 Å². The molecule has 0 atom stereocenters. The number of aryl methyl sites for hydroxylation is 2. The molecule has 7 heteroatoms. The fourth-order valence-corrected chi connectivity index (χ4v) is 4.42. The van der Waals surface area contributed by atoms with Crippen LogP contribution in [0.2, 0.25) is 5.02 Å². The summed E-state index contributed by atoms with van der Waals surface area (Å²) in [5.41, 5.74) is 3.02. The molecule has 0 aliphatic carbocycles. The van der Waals surface area contributed by atoms with Crippen molar-refractivity contribution >= 4 is 44.7 Å². The number of hydrogen-bond acceptors (Lipinski definition) is 4. The summed E-state index contributed by atoms with van der Waals surface area (Å²) in [5, 5.41) is 4.00. The molecule has 4 rings (SSSR count). The molecule has 0 aliphatic rings. The largest absolute Gasteiger partial charge is 0.321 e. The highest BCUT2D eigenvalue weighted by molar-refractivity contribution is 7.20. The molecule has 1 N–H and O–H groups in total. The number of carbonyl (C=O) groups excluding carboxylic acids is 1. The van der Waals surface area contributed by atoms with Gasteiger partial charge in [0.05, 0.1) is 23.1 Å². The summed E-state index contributed by atoms with van der Waals surface area (Å²) in [4.78, 5) is 31.4. The molecule has 4 aromatic rings. The summed E-state index contributed by atoms with van der Waals surface area (Å²) >= 11 is 7.45. The Bertz CT molecular complexity index is 1290. The molecule has 0 unspecified atom stereocenters. The van der Waals surface area contributed by atoms with Crippen molar-refractivity contribution in [2.45, 2.75) is 20.4 Å². The van der Waals surface area contributed by atoms with Crippen LogP contribution in [0.25, 0.3) is 10.2 Å². The molecule has 0 radical (unpaired) electrons. The third kappa shape index (κ3) is 3.69. The van der Waals surface area contributed by atoms with E-state index in [1.165, 1.54) is 22.2 Å². The number of nitrogens with one attached hydrogen (secondary N) is 1. The van der Waals surface area contributed by atoms with E-state index in [0.717, 1.165) is 16.8 Å². The van der Waals surface area contributed by atoms with Crippen molar-refractivity contribution in [2.24, 2.45) is 0 Å². The van der Waals surface area contributed by atoms with Gasteiger partial charge >= 0.3 is 0 Å². The smallest absolute Gasteiger partial charge is 0.266 e. The van der Waals surface area contributed by atoms with Crippen LogP contribution in [0.15, 0.2) is 59.7 Å². The van der Waals surface area contributed by atoms with Crippen LogP contribution >= 0.6 is 22.9 Å². The lowest BCUT2D eigenvalue weighted by Gasteiger charge is -2.08. The number of aromatic nitrogens is 2. The highest BCUT2D eigenvalue weighted by atomic mass is 35.5. The molecule has 0 fully saturated rings. The number of anilines is 1. The van der Waals surface area contributed by atoms with Crippen LogP contribution in [0.4, 0.5) is 5.69 Å². The number of fused-ring (bicyclic) bond motifs is 1. The minimum atomic E-state index is -0.239. The average molecular weight is 424 g/mol. The molecule has 0 bridgehead atoms. The van der Waals surface area contributed by atoms with Gasteiger partial charge in [-0.2, -0.15) is 0 Å². The number of nitrogens with zero attached hydrogens (tertiary/aromatic N) is 2. The number of para-hydroxylation sites is 1. The van der Waals surface area contributed by atoms with Gasteiger partial charge in [-0.15, -0.1) is 11.3 Å². The first kappa shape index (κ1) is 19.4. The number of halogens is 1. The highest BCUT2D eigenvalue weighted by Gasteiger charge is 2.20. The van der Waals surface area contributed by atoms with Gasteiger partial charge in [-0.25, -0.2) is 4.98 Å². The maximum atomic E-state index is 13.1. The Balaban J connectivity index is 1.71. The van der Waals surface area contributed by atoms with Crippen molar-refractivity contribution in [2.75, 3.05) is 5.32 Å². The zero-order valence-electron chi connectivity index (χ0n) is 15.9. The Morgan fingerprint density at radius 3 is 2.62 bits per heavy atom. The van der Waals surface area contributed by atoms with Gasteiger partial charge in [-0.05, 0) is 42.7 Å². The fraction of sp³-hybridized carbons (Fsp3) is 0.136. The van der Waals surface area contributed by atoms with Crippen molar-refractivity contribution in [1.29, 1.82) is 0 Å². The summed E-state index contributed by atoms with van der Waals surface area (Å²) in [6, 6.07) is 15.0. The monoisotopic (exact) mass is 423 g/mol. The molecule has 5 nitrogen and oxygen atoms in total. The molecule has 2 aromatic heterocycles. The second-order valence-electron chi connectivity index (χ2n) is 6.77. The van der Waals surface area contributed by atoms with Gasteiger partial charge in [0, 0.05) is 10.7 Å². The Kier molecular flexibility index (Phi) is 5.22. The number of benzene rings is 2. The summed E-state index contributed by atoms with van der Waals surface area (Å²) < 4.78 is 1.52. The van der Waals surface area contributed by atoms with Crippen LogP contribution in [0.3, 0.4) is 0 Å². The Hall–Kier alpha value is -2.96. The lowest BCUT2D eigenvalue weighted by Crippen LogP contribution is -2.21. The van der Waals surface area contributed by atoms with E-state index in [4.69, 9.17) is 11.6 Å². The SMILES string of the molecule is Cc1ccccc1NC(=O)c1sc2ncn(Cc3ccccc3Cl)c(=O)c2c1C. The molecule has 0 saturated carbocycles. The average Bonchev–Trinajstić information content (AvgIpc) is 3.05. The topological polar surface area (TPSA) is 64.0 Å². The van der Waals surface area contributed by atoms with Crippen LogP contribution in [0.5, 0.6) is 0 Å². The van der Waals surface area contributed by atoms with E-state index in [9.17, 15) is 9.59 Å². The number of rotatable bonds is 4. The fourth-order valence-electron chi connectivity index (χ4n) is 3.19. The van der Waals surface area contributed by atoms with Crippen LogP contribution < -0.4 is 10.9 Å². The van der Waals surface area contributed by atoms with E-state index >= 15 is 0 Å². The quantitative estimate of drug-likeness (QED) is 0.500. The Labute approximate surface area is 176 Å². The van der Waals surface area contributed by atoms with Gasteiger partial charge in [-0.1, -0.05) is 48.0 Å². The van der Waals surface area contributed by atoms with Gasteiger partial charge in [0.15, 0.2) is 0 Å². The third-order valence-electron chi connectivity index (χ3n) is 4.82. The minimum Gasteiger partial charge on any atom is -0.321 e. The second kappa shape index (κ2) is 7.81. The van der Waals surface area contributed by atoms with E-state index < -0.39 is 0 Å².